The molecule has 0 bridgehead atoms. The zero-order chi connectivity index (χ0) is 13.1. The molecule has 0 saturated heterocycles. The molecule has 0 radical (unpaired) electrons. The molecule has 1 aromatic rings. The van der Waals surface area contributed by atoms with Crippen molar-refractivity contribution in [3.63, 3.8) is 0 Å². The van der Waals surface area contributed by atoms with E-state index in [4.69, 9.17) is 15.6 Å². The molecule has 92 valence electrons. The summed E-state index contributed by atoms with van der Waals surface area (Å²) in [6.07, 6.45) is 0. The minimum Gasteiger partial charge on any atom is -0.481 e. The largest absolute Gasteiger partial charge is 0.481 e. The van der Waals surface area contributed by atoms with Crippen molar-refractivity contribution < 1.29 is 19.4 Å². The monoisotopic (exact) mass is 237 g/mol. The van der Waals surface area contributed by atoms with Crippen molar-refractivity contribution in [3.05, 3.63) is 29.8 Å². The summed E-state index contributed by atoms with van der Waals surface area (Å²) in [5.41, 5.74) is 5.05. The van der Waals surface area contributed by atoms with Crippen LogP contribution < -0.4 is 5.73 Å². The average molecular weight is 237 g/mol. The van der Waals surface area contributed by atoms with Crippen LogP contribution in [0.15, 0.2) is 24.3 Å². The highest BCUT2D eigenvalue weighted by Gasteiger charge is 2.29. The number of hydrogen-bond acceptors (Lipinski definition) is 4. The number of carboxylic acid groups (broad SMARTS) is 1. The number of carboxylic acids is 1. The lowest BCUT2D eigenvalue weighted by Crippen LogP contribution is -2.30. The van der Waals surface area contributed by atoms with Gasteiger partial charge in [-0.2, -0.15) is 0 Å². The fourth-order valence-electron chi connectivity index (χ4n) is 1.07. The number of carbonyl (C=O) groups excluding carboxylic acids is 1. The number of rotatable bonds is 4. The Morgan fingerprint density at radius 3 is 2.47 bits per heavy atom. The van der Waals surface area contributed by atoms with Gasteiger partial charge in [0.05, 0.1) is 11.0 Å². The lowest BCUT2D eigenvalue weighted by molar-refractivity contribution is -0.149. The molecule has 5 heteroatoms. The molecule has 3 N–H and O–H groups in total. The standard InChI is InChI=1S/C12H15NO4/c1-12(2,11(15)16)7-17-10(14)8-5-3-4-6-9(8)13/h3-6H,7,13H2,1-2H3,(H,15,16). The minimum atomic E-state index is -1.11. The van der Waals surface area contributed by atoms with Crippen molar-refractivity contribution in [1.82, 2.24) is 0 Å². The van der Waals surface area contributed by atoms with Crippen LogP contribution in [0, 0.1) is 5.41 Å². The quantitative estimate of drug-likeness (QED) is 0.612. The van der Waals surface area contributed by atoms with E-state index in [0.29, 0.717) is 5.69 Å². The molecular weight excluding hydrogens is 222 g/mol. The van der Waals surface area contributed by atoms with Gasteiger partial charge in [-0.3, -0.25) is 4.79 Å². The summed E-state index contributed by atoms with van der Waals surface area (Å²) >= 11 is 0. The number of aliphatic carboxylic acids is 1. The van der Waals surface area contributed by atoms with Gasteiger partial charge < -0.3 is 15.6 Å². The first kappa shape index (κ1) is 13.0. The third-order valence-corrected chi connectivity index (χ3v) is 2.32. The van der Waals surface area contributed by atoms with Crippen molar-refractivity contribution in [2.24, 2.45) is 5.41 Å². The highest BCUT2D eigenvalue weighted by Crippen LogP contribution is 2.18. The van der Waals surface area contributed by atoms with E-state index in [2.05, 4.69) is 0 Å². The first-order valence-electron chi connectivity index (χ1n) is 5.09. The molecule has 1 aromatic carbocycles. The van der Waals surface area contributed by atoms with Gasteiger partial charge in [0.15, 0.2) is 0 Å². The van der Waals surface area contributed by atoms with Crippen molar-refractivity contribution in [2.75, 3.05) is 12.3 Å². The molecule has 0 amide bonds. The molecule has 0 aliphatic heterocycles. The minimum absolute atomic E-state index is 0.199. The van der Waals surface area contributed by atoms with Crippen LogP contribution in [0.4, 0.5) is 5.69 Å². The summed E-state index contributed by atoms with van der Waals surface area (Å²) in [6, 6.07) is 6.48. The number of hydrogen-bond donors (Lipinski definition) is 2. The van der Waals surface area contributed by atoms with E-state index in [1.807, 2.05) is 0 Å². The van der Waals surface area contributed by atoms with E-state index >= 15 is 0 Å². The molecule has 0 aliphatic rings. The smallest absolute Gasteiger partial charge is 0.340 e. The number of benzene rings is 1. The summed E-state index contributed by atoms with van der Waals surface area (Å²) in [5, 5.41) is 8.86. The number of esters is 1. The van der Waals surface area contributed by atoms with Gasteiger partial charge in [0.2, 0.25) is 0 Å². The zero-order valence-electron chi connectivity index (χ0n) is 9.77. The third-order valence-electron chi connectivity index (χ3n) is 2.32. The van der Waals surface area contributed by atoms with Crippen LogP contribution in [0.1, 0.15) is 24.2 Å². The number of ether oxygens (including phenoxy) is 1. The zero-order valence-corrected chi connectivity index (χ0v) is 9.77. The molecule has 0 aromatic heterocycles. The molecule has 0 atom stereocenters. The first-order chi connectivity index (χ1) is 7.84. The van der Waals surface area contributed by atoms with E-state index < -0.39 is 17.4 Å². The Bertz CT molecular complexity index is 440. The number of para-hydroxylation sites is 1. The van der Waals surface area contributed by atoms with Gasteiger partial charge in [-0.1, -0.05) is 12.1 Å². The van der Waals surface area contributed by atoms with Gasteiger partial charge >= 0.3 is 11.9 Å². The Balaban J connectivity index is 2.69. The highest BCUT2D eigenvalue weighted by atomic mass is 16.5. The summed E-state index contributed by atoms with van der Waals surface area (Å²) in [4.78, 5) is 22.5. The fourth-order valence-corrected chi connectivity index (χ4v) is 1.07. The van der Waals surface area contributed by atoms with Crippen molar-refractivity contribution >= 4 is 17.6 Å². The van der Waals surface area contributed by atoms with Gasteiger partial charge in [-0.25, -0.2) is 4.79 Å². The van der Waals surface area contributed by atoms with Gasteiger partial charge in [-0.05, 0) is 26.0 Å². The molecule has 0 spiro atoms. The average Bonchev–Trinajstić information content (AvgIpc) is 2.26. The Morgan fingerprint density at radius 1 is 1.35 bits per heavy atom. The topological polar surface area (TPSA) is 89.6 Å². The number of anilines is 1. The van der Waals surface area contributed by atoms with E-state index in [9.17, 15) is 9.59 Å². The lowest BCUT2D eigenvalue weighted by Gasteiger charge is -2.18. The second-order valence-corrected chi connectivity index (χ2v) is 4.35. The van der Waals surface area contributed by atoms with Gasteiger partial charge in [0, 0.05) is 5.69 Å². The molecule has 0 saturated carbocycles. The van der Waals surface area contributed by atoms with Gasteiger partial charge in [-0.15, -0.1) is 0 Å². The Hall–Kier alpha value is -2.04. The predicted molar refractivity (Wildman–Crippen MR) is 62.6 cm³/mol. The van der Waals surface area contributed by atoms with Crippen LogP contribution in [0.2, 0.25) is 0 Å². The fraction of sp³-hybridized carbons (Fsp3) is 0.333. The maximum absolute atomic E-state index is 11.6. The SMILES string of the molecule is CC(C)(COC(=O)c1ccccc1N)C(=O)O. The Morgan fingerprint density at radius 2 is 1.94 bits per heavy atom. The Kier molecular flexibility index (Phi) is 3.73. The molecule has 1 rings (SSSR count). The summed E-state index contributed by atoms with van der Waals surface area (Å²) in [6.45, 7) is 2.77. The van der Waals surface area contributed by atoms with Crippen molar-refractivity contribution in [2.45, 2.75) is 13.8 Å². The van der Waals surface area contributed by atoms with Crippen LogP contribution in [-0.2, 0) is 9.53 Å². The van der Waals surface area contributed by atoms with Crippen LogP contribution in [0.5, 0.6) is 0 Å². The van der Waals surface area contributed by atoms with Gasteiger partial charge in [0.25, 0.3) is 0 Å². The molecule has 17 heavy (non-hydrogen) atoms. The van der Waals surface area contributed by atoms with Crippen molar-refractivity contribution in [1.29, 1.82) is 0 Å². The summed E-state index contributed by atoms with van der Waals surface area (Å²) < 4.78 is 4.94. The maximum Gasteiger partial charge on any atom is 0.340 e. The number of nitrogen functional groups attached to an aromatic ring is 1. The first-order valence-corrected chi connectivity index (χ1v) is 5.09. The lowest BCUT2D eigenvalue weighted by atomic mass is 9.95. The van der Waals surface area contributed by atoms with Crippen LogP contribution in [0.25, 0.3) is 0 Å². The van der Waals surface area contributed by atoms with E-state index in [0.717, 1.165) is 0 Å². The second kappa shape index (κ2) is 4.86. The molecule has 5 nitrogen and oxygen atoms in total. The second-order valence-electron chi connectivity index (χ2n) is 4.35. The van der Waals surface area contributed by atoms with E-state index in [-0.39, 0.29) is 12.2 Å². The van der Waals surface area contributed by atoms with Crippen LogP contribution in [-0.4, -0.2) is 23.7 Å². The molecular formula is C12H15NO4. The molecule has 0 aliphatic carbocycles. The number of nitrogens with two attached hydrogens (primary N) is 1. The highest BCUT2D eigenvalue weighted by molar-refractivity contribution is 5.95. The number of carbonyl (C=O) groups is 2. The molecule has 0 fully saturated rings. The Labute approximate surface area is 99.2 Å². The molecule has 0 unspecified atom stereocenters. The van der Waals surface area contributed by atoms with E-state index in [1.165, 1.54) is 19.9 Å². The maximum atomic E-state index is 11.6. The third kappa shape index (κ3) is 3.21. The molecule has 0 heterocycles. The van der Waals surface area contributed by atoms with E-state index in [1.54, 1.807) is 18.2 Å². The van der Waals surface area contributed by atoms with Crippen LogP contribution in [0.3, 0.4) is 0 Å². The van der Waals surface area contributed by atoms with Crippen LogP contribution >= 0.6 is 0 Å². The predicted octanol–water partition coefficient (Wildman–Crippen LogP) is 1.54. The van der Waals surface area contributed by atoms with Gasteiger partial charge in [0.1, 0.15) is 6.61 Å². The summed E-state index contributed by atoms with van der Waals surface area (Å²) in [5.74, 6) is -1.64. The normalized spacial score (nSPS) is 10.9. The van der Waals surface area contributed by atoms with Crippen molar-refractivity contribution in [3.8, 4) is 0 Å². The summed E-state index contributed by atoms with van der Waals surface area (Å²) in [7, 11) is 0.